The van der Waals surface area contributed by atoms with Gasteiger partial charge in [0.2, 0.25) is 0 Å². The lowest BCUT2D eigenvalue weighted by Crippen LogP contribution is -2.20. The second-order valence-electron chi connectivity index (χ2n) is 7.19. The van der Waals surface area contributed by atoms with Crippen LogP contribution < -0.4 is 21.7 Å². The van der Waals surface area contributed by atoms with Crippen molar-refractivity contribution in [1.29, 1.82) is 5.41 Å². The quantitative estimate of drug-likeness (QED) is 0.358. The predicted octanol–water partition coefficient (Wildman–Crippen LogP) is 3.90. The van der Waals surface area contributed by atoms with Crippen LogP contribution in [0.25, 0.3) is 0 Å². The molecule has 0 aromatic heterocycles. The molecule has 0 heterocycles. The first-order valence-electron chi connectivity index (χ1n) is 10.3. The van der Waals surface area contributed by atoms with E-state index < -0.39 is 0 Å². The van der Waals surface area contributed by atoms with Crippen LogP contribution in [0, 0.1) is 5.41 Å². The Kier molecular flexibility index (Phi) is 16.4. The molecule has 1 aromatic rings. The Bertz CT molecular complexity index is 796. The zero-order valence-corrected chi connectivity index (χ0v) is 20.6. The molecule has 1 amide bonds. The highest BCUT2D eigenvalue weighted by molar-refractivity contribution is 6.02. The largest absolute Gasteiger partial charge is 0.386 e. The van der Waals surface area contributed by atoms with Crippen LogP contribution in [-0.2, 0) is 4.79 Å². The van der Waals surface area contributed by atoms with Gasteiger partial charge >= 0.3 is 0 Å². The average molecular weight is 444 g/mol. The highest BCUT2D eigenvalue weighted by atomic mass is 16.1. The molecule has 0 aliphatic carbocycles. The topological polar surface area (TPSA) is 124 Å². The average Bonchev–Trinajstić information content (AvgIpc) is 2.72. The lowest BCUT2D eigenvalue weighted by atomic mass is 10.0. The Morgan fingerprint density at radius 1 is 1.28 bits per heavy atom. The van der Waals surface area contributed by atoms with E-state index in [1.54, 1.807) is 11.8 Å². The van der Waals surface area contributed by atoms with Gasteiger partial charge in [-0.2, -0.15) is 0 Å². The molecular weight excluding hydrogens is 402 g/mol. The van der Waals surface area contributed by atoms with Crippen LogP contribution in [0.15, 0.2) is 60.1 Å². The van der Waals surface area contributed by atoms with Crippen molar-refractivity contribution in [3.05, 3.63) is 60.7 Å². The van der Waals surface area contributed by atoms with Crippen LogP contribution in [-0.4, -0.2) is 50.9 Å². The van der Waals surface area contributed by atoms with Crippen molar-refractivity contribution >= 4 is 29.7 Å². The molecule has 178 valence electrons. The number of anilines is 2. The second kappa shape index (κ2) is 17.2. The predicted molar refractivity (Wildman–Crippen MR) is 141 cm³/mol. The number of nitrogens with two attached hydrogens (primary N) is 2. The maximum Gasteiger partial charge on any atom is 0.252 e. The molecule has 8 nitrogen and oxygen atoms in total. The lowest BCUT2D eigenvalue weighted by Gasteiger charge is -2.22. The normalized spacial score (nSPS) is 10.3. The second-order valence-corrected chi connectivity index (χ2v) is 7.19. The standard InChI is InChI=1S/C18H26N4O.C4H10N2.C2H5N/c1-6-10-20-17(19)12-18(23)21-15-9-8-14(13(3)4)11-16(15)22(5)7-2;1-4(5)6(2)3;1-2-3/h6,8-13H,1,7,19H2,2-5H3,(H,21,23);1,5H2,2-3H3;2-3H,1H3/b17-12+,20-10-;;. The summed E-state index contributed by atoms with van der Waals surface area (Å²) >= 11 is 0. The van der Waals surface area contributed by atoms with Gasteiger partial charge in [-0.15, -0.1) is 0 Å². The van der Waals surface area contributed by atoms with Crippen LogP contribution in [0.3, 0.4) is 0 Å². The first kappa shape index (κ1) is 30.6. The zero-order chi connectivity index (χ0) is 25.3. The number of nitrogens with zero attached hydrogens (tertiary/aromatic N) is 3. The van der Waals surface area contributed by atoms with Crippen molar-refractivity contribution in [2.45, 2.75) is 33.6 Å². The molecule has 0 radical (unpaired) electrons. The molecule has 0 aliphatic rings. The van der Waals surface area contributed by atoms with Crippen molar-refractivity contribution in [2.75, 3.05) is 37.9 Å². The van der Waals surface area contributed by atoms with Crippen LogP contribution in [0.2, 0.25) is 0 Å². The minimum atomic E-state index is -0.313. The number of aliphatic imine (C=N–C) groups is 1. The van der Waals surface area contributed by atoms with Gasteiger partial charge in [0.25, 0.3) is 5.91 Å². The summed E-state index contributed by atoms with van der Waals surface area (Å²) in [6.45, 7) is 15.8. The molecule has 0 fully saturated rings. The van der Waals surface area contributed by atoms with Gasteiger partial charge in [-0.3, -0.25) is 4.79 Å². The third-order valence-electron chi connectivity index (χ3n) is 4.01. The fourth-order valence-corrected chi connectivity index (χ4v) is 1.98. The van der Waals surface area contributed by atoms with E-state index in [0.717, 1.165) is 17.9 Å². The van der Waals surface area contributed by atoms with Crippen molar-refractivity contribution in [2.24, 2.45) is 16.5 Å². The molecule has 0 aliphatic heterocycles. The molecule has 32 heavy (non-hydrogen) atoms. The fourth-order valence-electron chi connectivity index (χ4n) is 1.98. The van der Waals surface area contributed by atoms with Crippen LogP contribution in [0.5, 0.6) is 0 Å². The maximum absolute atomic E-state index is 12.1. The zero-order valence-electron chi connectivity index (χ0n) is 20.6. The SMILES string of the molecule is C=C(N)N(C)C.C=C/C=N\C(N)=C\C(=O)Nc1ccc(C(C)C)cc1N(C)CC.CC=N. The third-order valence-corrected chi connectivity index (χ3v) is 4.01. The summed E-state index contributed by atoms with van der Waals surface area (Å²) in [7, 11) is 5.69. The monoisotopic (exact) mass is 443 g/mol. The molecular formula is C24H41N7O. The van der Waals surface area contributed by atoms with E-state index in [-0.39, 0.29) is 11.7 Å². The van der Waals surface area contributed by atoms with Gasteiger partial charge in [-0.25, -0.2) is 4.99 Å². The van der Waals surface area contributed by atoms with Crippen LogP contribution in [0.1, 0.15) is 39.2 Å². The summed E-state index contributed by atoms with van der Waals surface area (Å²) in [6, 6.07) is 6.05. The number of benzene rings is 1. The highest BCUT2D eigenvalue weighted by Gasteiger charge is 2.11. The van der Waals surface area contributed by atoms with Gasteiger partial charge in [-0.05, 0) is 43.7 Å². The number of carbonyl (C=O) groups excluding carboxylic acids is 1. The first-order valence-corrected chi connectivity index (χ1v) is 10.3. The highest BCUT2D eigenvalue weighted by Crippen LogP contribution is 2.29. The number of allylic oxidation sites excluding steroid dienone is 1. The Labute approximate surface area is 193 Å². The number of carbonyl (C=O) groups is 1. The molecule has 0 bridgehead atoms. The minimum absolute atomic E-state index is 0.131. The summed E-state index contributed by atoms with van der Waals surface area (Å²) in [5.74, 6) is 0.834. The van der Waals surface area contributed by atoms with Gasteiger partial charge in [-0.1, -0.05) is 39.1 Å². The van der Waals surface area contributed by atoms with Crippen LogP contribution in [0.4, 0.5) is 11.4 Å². The number of amides is 1. The van der Waals surface area contributed by atoms with Gasteiger partial charge in [0, 0.05) is 40.0 Å². The number of hydrogen-bond donors (Lipinski definition) is 4. The number of rotatable bonds is 8. The molecule has 0 saturated carbocycles. The molecule has 0 spiro atoms. The summed E-state index contributed by atoms with van der Waals surface area (Å²) in [5, 5.41) is 8.95. The van der Waals surface area contributed by atoms with E-state index in [4.69, 9.17) is 16.9 Å². The van der Waals surface area contributed by atoms with Gasteiger partial charge in [0.1, 0.15) is 5.82 Å². The molecule has 8 heteroatoms. The summed E-state index contributed by atoms with van der Waals surface area (Å²) in [5.41, 5.74) is 13.8. The fraction of sp³-hybridized carbons (Fsp3) is 0.375. The van der Waals surface area contributed by atoms with Crippen LogP contribution >= 0.6 is 0 Å². The molecule has 6 N–H and O–H groups in total. The maximum atomic E-state index is 12.1. The van der Waals surface area contributed by atoms with Gasteiger partial charge in [0.15, 0.2) is 0 Å². The summed E-state index contributed by atoms with van der Waals surface area (Å²) in [6.07, 6.45) is 5.44. The smallest absolute Gasteiger partial charge is 0.252 e. The van der Waals surface area contributed by atoms with E-state index in [0.29, 0.717) is 11.7 Å². The van der Waals surface area contributed by atoms with Crippen molar-refractivity contribution < 1.29 is 4.79 Å². The molecule has 0 atom stereocenters. The Morgan fingerprint density at radius 2 is 1.81 bits per heavy atom. The van der Waals surface area contributed by atoms with E-state index in [9.17, 15) is 4.79 Å². The van der Waals surface area contributed by atoms with E-state index in [1.807, 2.05) is 33.3 Å². The number of hydrogen-bond acceptors (Lipinski definition) is 7. The lowest BCUT2D eigenvalue weighted by molar-refractivity contribution is -0.111. The first-order chi connectivity index (χ1) is 14.9. The Balaban J connectivity index is 0. The molecule has 1 aromatic carbocycles. The van der Waals surface area contributed by atoms with E-state index >= 15 is 0 Å². The molecule has 0 unspecified atom stereocenters. The number of nitrogens with one attached hydrogen (secondary N) is 2. The van der Waals surface area contributed by atoms with E-state index in [2.05, 4.69) is 55.2 Å². The molecule has 0 saturated heterocycles. The molecule has 1 rings (SSSR count). The minimum Gasteiger partial charge on any atom is -0.386 e. The Hall–Kier alpha value is -3.55. The van der Waals surface area contributed by atoms with Gasteiger partial charge < -0.3 is 32.0 Å². The van der Waals surface area contributed by atoms with Crippen molar-refractivity contribution in [1.82, 2.24) is 4.90 Å². The van der Waals surface area contributed by atoms with E-state index in [1.165, 1.54) is 30.1 Å². The van der Waals surface area contributed by atoms with Crippen molar-refractivity contribution in [3.63, 3.8) is 0 Å². The van der Waals surface area contributed by atoms with Gasteiger partial charge in [0.05, 0.1) is 17.2 Å². The summed E-state index contributed by atoms with van der Waals surface area (Å²) in [4.78, 5) is 19.8. The third kappa shape index (κ3) is 13.6. The van der Waals surface area contributed by atoms with Crippen molar-refractivity contribution in [3.8, 4) is 0 Å². The summed E-state index contributed by atoms with van der Waals surface area (Å²) < 4.78 is 0. The Morgan fingerprint density at radius 3 is 2.22 bits per heavy atom.